The molecule has 2 heteroatoms. The monoisotopic (exact) mass is 192 g/mol. The molecule has 0 aliphatic heterocycles. The lowest BCUT2D eigenvalue weighted by Gasteiger charge is -2.43. The Labute approximate surface area is 84.4 Å². The van der Waals surface area contributed by atoms with Crippen LogP contribution in [0.1, 0.15) is 33.1 Å². The molecule has 0 spiro atoms. The molecule has 0 aromatic heterocycles. The zero-order valence-corrected chi connectivity index (χ0v) is 8.75. The molecule has 2 rings (SSSR count). The summed E-state index contributed by atoms with van der Waals surface area (Å²) in [4.78, 5) is 23.6. The summed E-state index contributed by atoms with van der Waals surface area (Å²) in [5, 5.41) is 0. The highest BCUT2D eigenvalue weighted by Crippen LogP contribution is 2.46. The lowest BCUT2D eigenvalue weighted by atomic mass is 9.58. The quantitative estimate of drug-likeness (QED) is 0.589. The van der Waals surface area contributed by atoms with Crippen LogP contribution < -0.4 is 0 Å². The molecule has 3 atom stereocenters. The second-order valence-corrected chi connectivity index (χ2v) is 4.80. The zero-order chi connectivity index (χ0) is 10.3. The van der Waals surface area contributed by atoms with Crippen molar-refractivity contribution in [1.29, 1.82) is 0 Å². The first-order chi connectivity index (χ1) is 6.55. The number of fused-ring (bicyclic) bond motifs is 1. The third kappa shape index (κ3) is 1.17. The van der Waals surface area contributed by atoms with Crippen LogP contribution in [0.3, 0.4) is 0 Å². The molecule has 1 fully saturated rings. The van der Waals surface area contributed by atoms with Crippen molar-refractivity contribution in [2.45, 2.75) is 33.1 Å². The first-order valence-electron chi connectivity index (χ1n) is 5.31. The lowest BCUT2D eigenvalue weighted by molar-refractivity contribution is -0.142. The molecule has 0 aromatic rings. The van der Waals surface area contributed by atoms with Gasteiger partial charge in [-0.3, -0.25) is 9.59 Å². The summed E-state index contributed by atoms with van der Waals surface area (Å²) >= 11 is 0. The van der Waals surface area contributed by atoms with Crippen LogP contribution in [-0.2, 0) is 9.59 Å². The summed E-state index contributed by atoms with van der Waals surface area (Å²) in [6.07, 6.45) is 5.96. The van der Waals surface area contributed by atoms with Crippen LogP contribution in [-0.4, -0.2) is 11.6 Å². The molecule has 0 heterocycles. The molecule has 0 saturated heterocycles. The zero-order valence-electron chi connectivity index (χ0n) is 8.75. The second kappa shape index (κ2) is 3.04. The third-order valence-electron chi connectivity index (χ3n) is 3.79. The fourth-order valence-corrected chi connectivity index (χ4v) is 2.99. The third-order valence-corrected chi connectivity index (χ3v) is 3.79. The first kappa shape index (κ1) is 9.63. The van der Waals surface area contributed by atoms with Crippen molar-refractivity contribution < 1.29 is 9.59 Å². The van der Waals surface area contributed by atoms with Crippen molar-refractivity contribution in [3.8, 4) is 0 Å². The fourth-order valence-electron chi connectivity index (χ4n) is 2.99. The Kier molecular flexibility index (Phi) is 2.09. The minimum atomic E-state index is -0.399. The number of hydrogen-bond acceptors (Lipinski definition) is 2. The molecule has 2 aliphatic rings. The number of allylic oxidation sites excluding steroid dienone is 2. The Morgan fingerprint density at radius 2 is 2.14 bits per heavy atom. The van der Waals surface area contributed by atoms with E-state index in [1.54, 1.807) is 6.08 Å². The molecule has 0 radical (unpaired) electrons. The smallest absolute Gasteiger partial charge is 0.161 e. The van der Waals surface area contributed by atoms with Crippen LogP contribution >= 0.6 is 0 Å². The van der Waals surface area contributed by atoms with Crippen molar-refractivity contribution in [3.05, 3.63) is 12.2 Å². The van der Waals surface area contributed by atoms with Gasteiger partial charge in [-0.05, 0) is 24.8 Å². The van der Waals surface area contributed by atoms with Gasteiger partial charge in [0.25, 0.3) is 0 Å². The molecule has 2 aliphatic carbocycles. The van der Waals surface area contributed by atoms with Crippen LogP contribution in [0, 0.1) is 17.3 Å². The van der Waals surface area contributed by atoms with E-state index in [4.69, 9.17) is 0 Å². The molecule has 76 valence electrons. The maximum Gasteiger partial charge on any atom is 0.161 e. The molecule has 1 saturated carbocycles. The summed E-state index contributed by atoms with van der Waals surface area (Å²) < 4.78 is 0. The van der Waals surface area contributed by atoms with Crippen molar-refractivity contribution in [3.63, 3.8) is 0 Å². The minimum absolute atomic E-state index is 0.0613. The van der Waals surface area contributed by atoms with Gasteiger partial charge in [0, 0.05) is 17.8 Å². The molecule has 0 aromatic carbocycles. The summed E-state index contributed by atoms with van der Waals surface area (Å²) in [6.45, 7) is 3.99. The van der Waals surface area contributed by atoms with Crippen LogP contribution in [0.15, 0.2) is 12.2 Å². The predicted molar refractivity (Wildman–Crippen MR) is 53.8 cm³/mol. The van der Waals surface area contributed by atoms with Gasteiger partial charge in [0.1, 0.15) is 5.78 Å². The highest BCUT2D eigenvalue weighted by Gasteiger charge is 2.49. The molecule has 0 amide bonds. The number of hydrogen-bond donors (Lipinski definition) is 0. The topological polar surface area (TPSA) is 34.1 Å². The summed E-state index contributed by atoms with van der Waals surface area (Å²) in [6, 6.07) is 0. The number of carbonyl (C=O) groups is 2. The number of carbonyl (C=O) groups excluding carboxylic acids is 2. The van der Waals surface area contributed by atoms with Gasteiger partial charge in [-0.25, -0.2) is 0 Å². The van der Waals surface area contributed by atoms with E-state index in [1.165, 1.54) is 0 Å². The molecule has 0 unspecified atom stereocenters. The van der Waals surface area contributed by atoms with E-state index in [1.807, 2.05) is 19.9 Å². The van der Waals surface area contributed by atoms with Gasteiger partial charge in [-0.1, -0.05) is 19.9 Å². The Hall–Kier alpha value is -0.920. The van der Waals surface area contributed by atoms with E-state index < -0.39 is 5.41 Å². The number of rotatable bonds is 0. The Morgan fingerprint density at radius 3 is 2.79 bits per heavy atom. The van der Waals surface area contributed by atoms with Gasteiger partial charge >= 0.3 is 0 Å². The molecule has 2 nitrogen and oxygen atoms in total. The van der Waals surface area contributed by atoms with Gasteiger partial charge in [-0.15, -0.1) is 0 Å². The SMILES string of the molecule is C[C@@H]1C=CC(=O)[C@@]2(C)CCCC(=O)[C@@H]12. The van der Waals surface area contributed by atoms with Crippen LogP contribution in [0.5, 0.6) is 0 Å². The number of Topliss-reactive ketones (excluding diaryl/α,β-unsaturated/α-hetero) is 1. The maximum absolute atomic E-state index is 11.8. The van der Waals surface area contributed by atoms with Crippen molar-refractivity contribution in [2.24, 2.45) is 17.3 Å². The van der Waals surface area contributed by atoms with Gasteiger partial charge in [0.2, 0.25) is 0 Å². The predicted octanol–water partition coefficient (Wildman–Crippen LogP) is 2.14. The molecule has 14 heavy (non-hydrogen) atoms. The average molecular weight is 192 g/mol. The Bertz CT molecular complexity index is 316. The normalized spacial score (nSPS) is 42.4. The molecular weight excluding hydrogens is 176 g/mol. The van der Waals surface area contributed by atoms with Gasteiger partial charge < -0.3 is 0 Å². The first-order valence-corrected chi connectivity index (χ1v) is 5.31. The van der Waals surface area contributed by atoms with E-state index in [2.05, 4.69) is 0 Å². The Balaban J connectivity index is 2.44. The van der Waals surface area contributed by atoms with E-state index in [0.29, 0.717) is 6.42 Å². The minimum Gasteiger partial charge on any atom is -0.299 e. The van der Waals surface area contributed by atoms with Gasteiger partial charge in [0.05, 0.1) is 0 Å². The standard InChI is InChI=1S/C12H16O2/c1-8-5-6-10(14)12(2)7-3-4-9(13)11(8)12/h5-6,8,11H,3-4,7H2,1-2H3/t8-,11-,12-/m1/s1. The molecule has 0 bridgehead atoms. The van der Waals surface area contributed by atoms with Crippen molar-refractivity contribution in [2.75, 3.05) is 0 Å². The maximum atomic E-state index is 11.8. The summed E-state index contributed by atoms with van der Waals surface area (Å²) in [7, 11) is 0. The van der Waals surface area contributed by atoms with Crippen molar-refractivity contribution in [1.82, 2.24) is 0 Å². The molecular formula is C12H16O2. The number of ketones is 2. The van der Waals surface area contributed by atoms with Crippen LogP contribution in [0.4, 0.5) is 0 Å². The fraction of sp³-hybridized carbons (Fsp3) is 0.667. The largest absolute Gasteiger partial charge is 0.299 e. The van der Waals surface area contributed by atoms with E-state index in [9.17, 15) is 9.59 Å². The second-order valence-electron chi connectivity index (χ2n) is 4.80. The lowest BCUT2D eigenvalue weighted by Crippen LogP contribution is -2.47. The Morgan fingerprint density at radius 1 is 1.43 bits per heavy atom. The van der Waals surface area contributed by atoms with Gasteiger partial charge in [0.15, 0.2) is 5.78 Å². The van der Waals surface area contributed by atoms with E-state index in [0.717, 1.165) is 12.8 Å². The van der Waals surface area contributed by atoms with Gasteiger partial charge in [-0.2, -0.15) is 0 Å². The average Bonchev–Trinajstić information content (AvgIpc) is 2.12. The van der Waals surface area contributed by atoms with Crippen LogP contribution in [0.2, 0.25) is 0 Å². The van der Waals surface area contributed by atoms with Crippen molar-refractivity contribution >= 4 is 11.6 Å². The summed E-state index contributed by atoms with van der Waals surface area (Å²) in [5.74, 6) is 0.594. The highest BCUT2D eigenvalue weighted by molar-refractivity contribution is 6.01. The van der Waals surface area contributed by atoms with Crippen LogP contribution in [0.25, 0.3) is 0 Å². The molecule has 0 N–H and O–H groups in total. The highest BCUT2D eigenvalue weighted by atomic mass is 16.1. The van der Waals surface area contributed by atoms with E-state index in [-0.39, 0.29) is 23.4 Å². The summed E-state index contributed by atoms with van der Waals surface area (Å²) in [5.41, 5.74) is -0.399. The van der Waals surface area contributed by atoms with E-state index >= 15 is 0 Å².